The van der Waals surface area contributed by atoms with Crippen LogP contribution in [0.3, 0.4) is 0 Å². The molecule has 0 saturated carbocycles. The average Bonchev–Trinajstić information content (AvgIpc) is 2.53. The molecule has 108 valence electrons. The first-order valence-electron chi connectivity index (χ1n) is 5.62. The average molecular weight is 276 g/mol. The fourth-order valence-corrected chi connectivity index (χ4v) is 1.69. The molecule has 0 aromatic heterocycles. The predicted octanol–water partition coefficient (Wildman–Crippen LogP) is -0.870. The molecule has 0 radical (unpaired) electrons. The molecule has 0 aromatic carbocycles. The molecule has 1 aliphatic rings. The van der Waals surface area contributed by atoms with Crippen LogP contribution in [0.4, 0.5) is 0 Å². The lowest BCUT2D eigenvalue weighted by Gasteiger charge is -2.21. The molecule has 1 heterocycles. The van der Waals surface area contributed by atoms with E-state index in [4.69, 9.17) is 18.9 Å². The molecule has 1 unspecified atom stereocenters. The van der Waals surface area contributed by atoms with Crippen LogP contribution in [0.2, 0.25) is 0 Å². The van der Waals surface area contributed by atoms with E-state index in [1.165, 1.54) is 13.8 Å². The van der Waals surface area contributed by atoms with E-state index in [1.807, 2.05) is 0 Å². The van der Waals surface area contributed by atoms with Crippen LogP contribution in [-0.2, 0) is 33.3 Å². The highest BCUT2D eigenvalue weighted by molar-refractivity contribution is 5.67. The molecule has 1 saturated heterocycles. The van der Waals surface area contributed by atoms with Crippen molar-refractivity contribution in [1.29, 1.82) is 0 Å². The summed E-state index contributed by atoms with van der Waals surface area (Å²) in [5.74, 6) is -1.83. The maximum atomic E-state index is 11.0. The number of esters is 3. The highest BCUT2D eigenvalue weighted by atomic mass is 16.7. The molecule has 1 aliphatic heterocycles. The molecule has 0 aliphatic carbocycles. The summed E-state index contributed by atoms with van der Waals surface area (Å²) in [6.07, 6.45) is -4.53. The maximum absolute atomic E-state index is 11.0. The minimum absolute atomic E-state index is 0.220. The fraction of sp³-hybridized carbons (Fsp3) is 0.727. The van der Waals surface area contributed by atoms with Gasteiger partial charge in [-0.15, -0.1) is 0 Å². The summed E-state index contributed by atoms with van der Waals surface area (Å²) in [6, 6.07) is 0. The SMILES string of the molecule is CC(=O)OC[C@@H]1OC(O)[C@@H](OC(C)=O)[C@H]1OC(C)=O. The normalized spacial score (nSPS) is 29.7. The van der Waals surface area contributed by atoms with Crippen LogP contribution in [-0.4, -0.2) is 54.2 Å². The summed E-state index contributed by atoms with van der Waals surface area (Å²) in [7, 11) is 0. The van der Waals surface area contributed by atoms with Crippen molar-refractivity contribution < 1.29 is 38.4 Å². The van der Waals surface area contributed by atoms with E-state index in [1.54, 1.807) is 0 Å². The van der Waals surface area contributed by atoms with Gasteiger partial charge in [-0.1, -0.05) is 0 Å². The Morgan fingerprint density at radius 3 is 2.00 bits per heavy atom. The molecule has 0 bridgehead atoms. The van der Waals surface area contributed by atoms with Crippen molar-refractivity contribution in [3.63, 3.8) is 0 Å². The van der Waals surface area contributed by atoms with E-state index in [0.29, 0.717) is 0 Å². The molecule has 4 atom stereocenters. The van der Waals surface area contributed by atoms with Crippen molar-refractivity contribution in [2.45, 2.75) is 45.4 Å². The largest absolute Gasteiger partial charge is 0.463 e. The standard InChI is InChI=1S/C11H16O8/c1-5(12)16-4-8-9(17-6(2)13)10(11(15)19-8)18-7(3)14/h8-11,15H,4H2,1-3H3/t8-,9-,10-,11?/m0/s1. The molecule has 1 fully saturated rings. The molecule has 8 heteroatoms. The highest BCUT2D eigenvalue weighted by Crippen LogP contribution is 2.26. The van der Waals surface area contributed by atoms with Crippen LogP contribution in [0, 0.1) is 0 Å². The summed E-state index contributed by atoms with van der Waals surface area (Å²) in [6.45, 7) is 3.30. The van der Waals surface area contributed by atoms with Gasteiger partial charge in [0.05, 0.1) is 0 Å². The summed E-state index contributed by atoms with van der Waals surface area (Å²) in [5, 5.41) is 9.63. The molecule has 19 heavy (non-hydrogen) atoms. The number of hydrogen-bond donors (Lipinski definition) is 1. The molecule has 0 spiro atoms. The lowest BCUT2D eigenvalue weighted by Crippen LogP contribution is -2.41. The van der Waals surface area contributed by atoms with E-state index >= 15 is 0 Å². The molecule has 0 aromatic rings. The number of aliphatic hydroxyl groups is 1. The zero-order chi connectivity index (χ0) is 14.6. The number of rotatable bonds is 4. The van der Waals surface area contributed by atoms with E-state index < -0.39 is 42.5 Å². The second-order valence-electron chi connectivity index (χ2n) is 4.02. The van der Waals surface area contributed by atoms with Crippen molar-refractivity contribution >= 4 is 17.9 Å². The van der Waals surface area contributed by atoms with Crippen molar-refractivity contribution in [3.05, 3.63) is 0 Å². The van der Waals surface area contributed by atoms with Gasteiger partial charge in [0.15, 0.2) is 18.5 Å². The highest BCUT2D eigenvalue weighted by Gasteiger charge is 2.48. The predicted molar refractivity (Wildman–Crippen MR) is 58.6 cm³/mol. The van der Waals surface area contributed by atoms with E-state index in [-0.39, 0.29) is 6.61 Å². The third kappa shape index (κ3) is 4.49. The van der Waals surface area contributed by atoms with Gasteiger partial charge in [-0.2, -0.15) is 0 Å². The topological polar surface area (TPSA) is 108 Å². The van der Waals surface area contributed by atoms with Gasteiger partial charge < -0.3 is 24.1 Å². The van der Waals surface area contributed by atoms with Crippen molar-refractivity contribution in [2.24, 2.45) is 0 Å². The second-order valence-corrected chi connectivity index (χ2v) is 4.02. The zero-order valence-corrected chi connectivity index (χ0v) is 10.8. The van der Waals surface area contributed by atoms with Crippen LogP contribution in [0.5, 0.6) is 0 Å². The first-order valence-corrected chi connectivity index (χ1v) is 5.62. The molecule has 1 N–H and O–H groups in total. The second kappa shape index (κ2) is 6.48. The van der Waals surface area contributed by atoms with Crippen LogP contribution in [0.15, 0.2) is 0 Å². The zero-order valence-electron chi connectivity index (χ0n) is 10.8. The lowest BCUT2D eigenvalue weighted by atomic mass is 10.1. The molecular weight excluding hydrogens is 260 g/mol. The van der Waals surface area contributed by atoms with Gasteiger partial charge in [-0.05, 0) is 0 Å². The number of carbonyl (C=O) groups is 3. The fourth-order valence-electron chi connectivity index (χ4n) is 1.69. The number of carbonyl (C=O) groups excluding carboxylic acids is 3. The number of aliphatic hydroxyl groups excluding tert-OH is 1. The van der Waals surface area contributed by atoms with Crippen LogP contribution >= 0.6 is 0 Å². The summed E-state index contributed by atoms with van der Waals surface area (Å²) < 4.78 is 19.6. The van der Waals surface area contributed by atoms with E-state index in [0.717, 1.165) is 6.92 Å². The minimum atomic E-state index is -1.45. The monoisotopic (exact) mass is 276 g/mol. The minimum Gasteiger partial charge on any atom is -0.463 e. The van der Waals surface area contributed by atoms with Crippen molar-refractivity contribution in [2.75, 3.05) is 6.61 Å². The number of ether oxygens (including phenoxy) is 4. The Balaban J connectivity index is 2.76. The van der Waals surface area contributed by atoms with Gasteiger partial charge in [-0.3, -0.25) is 14.4 Å². The van der Waals surface area contributed by atoms with E-state index in [2.05, 4.69) is 0 Å². The van der Waals surface area contributed by atoms with Crippen molar-refractivity contribution in [3.8, 4) is 0 Å². The van der Waals surface area contributed by atoms with Crippen LogP contribution in [0.1, 0.15) is 20.8 Å². The molecule has 0 amide bonds. The molecular formula is C11H16O8. The Bertz CT molecular complexity index is 366. The van der Waals surface area contributed by atoms with Gasteiger partial charge in [-0.25, -0.2) is 0 Å². The van der Waals surface area contributed by atoms with E-state index in [9.17, 15) is 19.5 Å². The Morgan fingerprint density at radius 1 is 1.00 bits per heavy atom. The maximum Gasteiger partial charge on any atom is 0.303 e. The Hall–Kier alpha value is -1.67. The third-order valence-corrected chi connectivity index (χ3v) is 2.34. The first kappa shape index (κ1) is 15.4. The first-order chi connectivity index (χ1) is 8.81. The Labute approximate surface area is 109 Å². The third-order valence-electron chi connectivity index (χ3n) is 2.34. The lowest BCUT2D eigenvalue weighted by molar-refractivity contribution is -0.174. The Kier molecular flexibility index (Phi) is 5.25. The smallest absolute Gasteiger partial charge is 0.303 e. The summed E-state index contributed by atoms with van der Waals surface area (Å²) in [4.78, 5) is 32.7. The van der Waals surface area contributed by atoms with Crippen molar-refractivity contribution in [1.82, 2.24) is 0 Å². The quantitative estimate of drug-likeness (QED) is 0.521. The number of hydrogen-bond acceptors (Lipinski definition) is 8. The molecule has 8 nitrogen and oxygen atoms in total. The van der Waals surface area contributed by atoms with Gasteiger partial charge in [0.2, 0.25) is 0 Å². The Morgan fingerprint density at radius 2 is 1.53 bits per heavy atom. The van der Waals surface area contributed by atoms with Crippen LogP contribution < -0.4 is 0 Å². The summed E-state index contributed by atoms with van der Waals surface area (Å²) in [5.41, 5.74) is 0. The van der Waals surface area contributed by atoms with Crippen LogP contribution in [0.25, 0.3) is 0 Å². The van der Waals surface area contributed by atoms with Gasteiger partial charge in [0.1, 0.15) is 12.7 Å². The van der Waals surface area contributed by atoms with Gasteiger partial charge >= 0.3 is 17.9 Å². The summed E-state index contributed by atoms with van der Waals surface area (Å²) >= 11 is 0. The molecule has 1 rings (SSSR count). The van der Waals surface area contributed by atoms with Gasteiger partial charge in [0, 0.05) is 20.8 Å². The van der Waals surface area contributed by atoms with Gasteiger partial charge in [0.25, 0.3) is 0 Å².